The molecular weight excluding hydrogens is 242 g/mol. The van der Waals surface area contributed by atoms with Gasteiger partial charge in [0.25, 0.3) is 0 Å². The summed E-state index contributed by atoms with van der Waals surface area (Å²) in [7, 11) is 0. The lowest BCUT2D eigenvalue weighted by Gasteiger charge is -2.25. The molecule has 14 heavy (non-hydrogen) atoms. The molecule has 0 unspecified atom stereocenters. The van der Waals surface area contributed by atoms with Crippen LogP contribution in [0.25, 0.3) is 0 Å². The SMILES string of the molecule is Cc1ccc(OC(C)(C)CN)c(Br)c1. The molecule has 1 aromatic rings. The molecule has 0 saturated heterocycles. The number of aryl methyl sites for hydroxylation is 1. The van der Waals surface area contributed by atoms with Gasteiger partial charge in [-0.3, -0.25) is 0 Å². The van der Waals surface area contributed by atoms with E-state index >= 15 is 0 Å². The number of ether oxygens (including phenoxy) is 1. The first kappa shape index (κ1) is 11.5. The number of hydrogen-bond acceptors (Lipinski definition) is 2. The van der Waals surface area contributed by atoms with Crippen LogP contribution >= 0.6 is 15.9 Å². The van der Waals surface area contributed by atoms with Crippen LogP contribution in [0.3, 0.4) is 0 Å². The summed E-state index contributed by atoms with van der Waals surface area (Å²) in [5.41, 5.74) is 6.48. The van der Waals surface area contributed by atoms with Crippen molar-refractivity contribution in [2.75, 3.05) is 6.54 Å². The van der Waals surface area contributed by atoms with E-state index < -0.39 is 0 Å². The van der Waals surface area contributed by atoms with Crippen LogP contribution in [0.2, 0.25) is 0 Å². The molecule has 0 saturated carbocycles. The van der Waals surface area contributed by atoms with Crippen molar-refractivity contribution in [2.24, 2.45) is 5.73 Å². The molecule has 0 heterocycles. The Morgan fingerprint density at radius 2 is 2.07 bits per heavy atom. The monoisotopic (exact) mass is 257 g/mol. The molecule has 1 aromatic carbocycles. The molecule has 0 amide bonds. The van der Waals surface area contributed by atoms with Crippen molar-refractivity contribution in [2.45, 2.75) is 26.4 Å². The molecule has 0 aliphatic carbocycles. The van der Waals surface area contributed by atoms with Crippen molar-refractivity contribution in [1.82, 2.24) is 0 Å². The maximum atomic E-state index is 5.76. The van der Waals surface area contributed by atoms with Crippen molar-refractivity contribution in [1.29, 1.82) is 0 Å². The van der Waals surface area contributed by atoms with Gasteiger partial charge in [-0.25, -0.2) is 0 Å². The van der Waals surface area contributed by atoms with Gasteiger partial charge >= 0.3 is 0 Å². The van der Waals surface area contributed by atoms with Gasteiger partial charge in [0.05, 0.1) is 4.47 Å². The van der Waals surface area contributed by atoms with Crippen molar-refractivity contribution < 1.29 is 4.74 Å². The Morgan fingerprint density at radius 3 is 2.57 bits per heavy atom. The van der Waals surface area contributed by atoms with Crippen LogP contribution in [0.15, 0.2) is 22.7 Å². The summed E-state index contributed by atoms with van der Waals surface area (Å²) in [4.78, 5) is 0. The third kappa shape index (κ3) is 3.00. The van der Waals surface area contributed by atoms with Crippen molar-refractivity contribution in [3.8, 4) is 5.75 Å². The fourth-order valence-corrected chi connectivity index (χ4v) is 1.60. The van der Waals surface area contributed by atoms with E-state index in [0.29, 0.717) is 6.54 Å². The van der Waals surface area contributed by atoms with Crippen molar-refractivity contribution in [3.05, 3.63) is 28.2 Å². The molecule has 0 bridgehead atoms. The minimum Gasteiger partial charge on any atom is -0.485 e. The van der Waals surface area contributed by atoms with Crippen LogP contribution in [0.5, 0.6) is 5.75 Å². The first-order valence-corrected chi connectivity index (χ1v) is 5.39. The quantitative estimate of drug-likeness (QED) is 0.904. The summed E-state index contributed by atoms with van der Waals surface area (Å²) in [5.74, 6) is 0.839. The molecule has 2 nitrogen and oxygen atoms in total. The maximum absolute atomic E-state index is 5.76. The normalized spacial score (nSPS) is 11.5. The zero-order valence-corrected chi connectivity index (χ0v) is 10.4. The number of nitrogens with two attached hydrogens (primary N) is 1. The Hall–Kier alpha value is -0.540. The molecule has 0 spiro atoms. The molecule has 0 aliphatic rings. The minimum absolute atomic E-state index is 0.322. The highest BCUT2D eigenvalue weighted by Gasteiger charge is 2.18. The van der Waals surface area contributed by atoms with E-state index in [4.69, 9.17) is 10.5 Å². The fourth-order valence-electron chi connectivity index (χ4n) is 1.03. The smallest absolute Gasteiger partial charge is 0.134 e. The van der Waals surface area contributed by atoms with Gasteiger partial charge in [0.15, 0.2) is 0 Å². The first-order chi connectivity index (χ1) is 6.44. The van der Waals surface area contributed by atoms with E-state index in [2.05, 4.69) is 15.9 Å². The van der Waals surface area contributed by atoms with E-state index in [9.17, 15) is 0 Å². The average molecular weight is 258 g/mol. The summed E-state index contributed by atoms with van der Waals surface area (Å²) in [6.45, 7) is 6.48. The Labute approximate surface area is 93.6 Å². The Kier molecular flexibility index (Phi) is 3.56. The molecule has 78 valence electrons. The Bertz CT molecular complexity index is 323. The molecule has 3 heteroatoms. The lowest BCUT2D eigenvalue weighted by Crippen LogP contribution is -2.37. The van der Waals surface area contributed by atoms with Crippen LogP contribution in [0.4, 0.5) is 0 Å². The van der Waals surface area contributed by atoms with E-state index in [0.717, 1.165) is 10.2 Å². The number of rotatable bonds is 3. The van der Waals surface area contributed by atoms with Crippen LogP contribution in [-0.4, -0.2) is 12.1 Å². The second-order valence-electron chi connectivity index (χ2n) is 4.00. The topological polar surface area (TPSA) is 35.2 Å². The second kappa shape index (κ2) is 4.32. The lowest BCUT2D eigenvalue weighted by molar-refractivity contribution is 0.118. The Morgan fingerprint density at radius 1 is 1.43 bits per heavy atom. The first-order valence-electron chi connectivity index (χ1n) is 4.60. The number of benzene rings is 1. The average Bonchev–Trinajstić information content (AvgIpc) is 2.10. The van der Waals surface area contributed by atoms with Crippen LogP contribution in [0, 0.1) is 6.92 Å². The molecule has 0 aromatic heterocycles. The summed E-state index contributed by atoms with van der Waals surface area (Å²) < 4.78 is 6.74. The highest BCUT2D eigenvalue weighted by molar-refractivity contribution is 9.10. The van der Waals surface area contributed by atoms with Crippen molar-refractivity contribution >= 4 is 15.9 Å². The predicted molar refractivity (Wildman–Crippen MR) is 62.6 cm³/mol. The van der Waals surface area contributed by atoms with Gasteiger partial charge in [0.1, 0.15) is 11.4 Å². The van der Waals surface area contributed by atoms with Crippen LogP contribution in [-0.2, 0) is 0 Å². The van der Waals surface area contributed by atoms with E-state index in [1.807, 2.05) is 39.0 Å². The maximum Gasteiger partial charge on any atom is 0.134 e. The van der Waals surface area contributed by atoms with Gasteiger partial charge in [-0.1, -0.05) is 6.07 Å². The molecule has 0 atom stereocenters. The fraction of sp³-hybridized carbons (Fsp3) is 0.455. The van der Waals surface area contributed by atoms with Gasteiger partial charge in [-0.2, -0.15) is 0 Å². The highest BCUT2D eigenvalue weighted by atomic mass is 79.9. The van der Waals surface area contributed by atoms with Gasteiger partial charge < -0.3 is 10.5 Å². The van der Waals surface area contributed by atoms with Crippen LogP contribution in [0.1, 0.15) is 19.4 Å². The molecule has 0 radical (unpaired) electrons. The summed E-state index contributed by atoms with van der Waals surface area (Å²) in [5, 5.41) is 0. The number of hydrogen-bond donors (Lipinski definition) is 1. The van der Waals surface area contributed by atoms with Gasteiger partial charge in [-0.15, -0.1) is 0 Å². The largest absolute Gasteiger partial charge is 0.485 e. The zero-order chi connectivity index (χ0) is 10.8. The van der Waals surface area contributed by atoms with Gasteiger partial charge in [-0.05, 0) is 54.4 Å². The summed E-state index contributed by atoms with van der Waals surface area (Å²) in [6, 6.07) is 6.01. The molecule has 1 rings (SSSR count). The van der Waals surface area contributed by atoms with E-state index in [1.165, 1.54) is 5.56 Å². The summed E-state index contributed by atoms with van der Waals surface area (Å²) >= 11 is 3.46. The standard InChI is InChI=1S/C11H16BrNO/c1-8-4-5-10(9(12)6-8)14-11(2,3)7-13/h4-6H,7,13H2,1-3H3. The molecule has 2 N–H and O–H groups in total. The summed E-state index contributed by atoms with van der Waals surface area (Å²) in [6.07, 6.45) is 0. The highest BCUT2D eigenvalue weighted by Crippen LogP contribution is 2.28. The molecule has 0 fully saturated rings. The van der Waals surface area contributed by atoms with Gasteiger partial charge in [0, 0.05) is 6.54 Å². The third-order valence-electron chi connectivity index (χ3n) is 1.97. The van der Waals surface area contributed by atoms with E-state index in [1.54, 1.807) is 0 Å². The van der Waals surface area contributed by atoms with Crippen LogP contribution < -0.4 is 10.5 Å². The predicted octanol–water partition coefficient (Wildman–Crippen LogP) is 2.87. The minimum atomic E-state index is -0.322. The lowest BCUT2D eigenvalue weighted by atomic mass is 10.1. The van der Waals surface area contributed by atoms with Crippen molar-refractivity contribution in [3.63, 3.8) is 0 Å². The zero-order valence-electron chi connectivity index (χ0n) is 8.80. The second-order valence-corrected chi connectivity index (χ2v) is 4.85. The third-order valence-corrected chi connectivity index (χ3v) is 2.58. The van der Waals surface area contributed by atoms with E-state index in [-0.39, 0.29) is 5.60 Å². The van der Waals surface area contributed by atoms with Gasteiger partial charge in [0.2, 0.25) is 0 Å². The number of halogens is 1. The Balaban J connectivity index is 2.87. The molecular formula is C11H16BrNO. The molecule has 0 aliphatic heterocycles.